The van der Waals surface area contributed by atoms with Gasteiger partial charge in [-0.1, -0.05) is 30.3 Å². The molecule has 4 aromatic rings. The molecule has 3 aliphatic heterocycles. The number of ether oxygens (including phenoxy) is 3. The maximum atomic E-state index is 14.1. The van der Waals surface area contributed by atoms with Crippen molar-refractivity contribution in [3.63, 3.8) is 0 Å². The minimum Gasteiger partial charge on any atom is -0.491 e. The lowest BCUT2D eigenvalue weighted by molar-refractivity contribution is -0.122. The van der Waals surface area contributed by atoms with Crippen LogP contribution in [0.5, 0.6) is 17.2 Å². The lowest BCUT2D eigenvalue weighted by atomic mass is 9.77. The minimum atomic E-state index is -0.877. The molecule has 1 spiro atoms. The SMILES string of the molecule is O=C1N(Cc2ccc(-n3cccc3)cc2)c2ccccc2C12COc1cc3c(cc12)OCO3. The number of carbonyl (C=O) groups is 1. The second-order valence-corrected chi connectivity index (χ2v) is 8.56. The minimum absolute atomic E-state index is 0.0239. The van der Waals surface area contributed by atoms with E-state index in [9.17, 15) is 4.79 Å². The van der Waals surface area contributed by atoms with E-state index in [0.29, 0.717) is 23.8 Å². The van der Waals surface area contributed by atoms with Crippen LogP contribution in [0.3, 0.4) is 0 Å². The summed E-state index contributed by atoms with van der Waals surface area (Å²) in [6.07, 6.45) is 4.03. The molecule has 33 heavy (non-hydrogen) atoms. The number of para-hydroxylation sites is 1. The Bertz CT molecular complexity index is 1390. The number of fused-ring (bicyclic) bond motifs is 5. The van der Waals surface area contributed by atoms with Crippen LogP contribution in [0.25, 0.3) is 5.69 Å². The summed E-state index contributed by atoms with van der Waals surface area (Å²) in [7, 11) is 0. The van der Waals surface area contributed by atoms with Gasteiger partial charge in [-0.25, -0.2) is 0 Å². The van der Waals surface area contributed by atoms with Crippen molar-refractivity contribution in [2.24, 2.45) is 0 Å². The smallest absolute Gasteiger partial charge is 0.246 e. The Balaban J connectivity index is 1.29. The maximum Gasteiger partial charge on any atom is 0.246 e. The van der Waals surface area contributed by atoms with Gasteiger partial charge in [-0.15, -0.1) is 0 Å². The molecule has 0 saturated heterocycles. The standard InChI is InChI=1S/C27H20N2O4/c30-26-27(16-31-23-14-25-24(13-21(23)27)32-17-33-25)20-5-1-2-6-22(20)29(26)15-18-7-9-19(10-8-18)28-11-3-4-12-28/h1-14H,15-17H2. The normalized spacial score (nSPS) is 19.6. The lowest BCUT2D eigenvalue weighted by Crippen LogP contribution is -2.42. The van der Waals surface area contributed by atoms with E-state index in [2.05, 4.69) is 28.8 Å². The number of benzene rings is 3. The van der Waals surface area contributed by atoms with Gasteiger partial charge in [0.1, 0.15) is 17.8 Å². The molecule has 7 rings (SSSR count). The van der Waals surface area contributed by atoms with Gasteiger partial charge in [0.2, 0.25) is 12.7 Å². The van der Waals surface area contributed by atoms with Crippen molar-refractivity contribution < 1.29 is 19.0 Å². The summed E-state index contributed by atoms with van der Waals surface area (Å²) >= 11 is 0. The highest BCUT2D eigenvalue weighted by Crippen LogP contribution is 2.55. The quantitative estimate of drug-likeness (QED) is 0.477. The molecule has 1 unspecified atom stereocenters. The molecule has 0 radical (unpaired) electrons. The van der Waals surface area contributed by atoms with Crippen molar-refractivity contribution in [1.29, 1.82) is 0 Å². The Labute approximate surface area is 190 Å². The van der Waals surface area contributed by atoms with E-state index in [0.717, 1.165) is 28.1 Å². The lowest BCUT2D eigenvalue weighted by Gasteiger charge is -2.23. The molecule has 0 fully saturated rings. The number of anilines is 1. The maximum absolute atomic E-state index is 14.1. The van der Waals surface area contributed by atoms with E-state index in [-0.39, 0.29) is 19.3 Å². The number of carbonyl (C=O) groups excluding carboxylic acids is 1. The number of hydrogen-bond acceptors (Lipinski definition) is 4. The van der Waals surface area contributed by atoms with Crippen molar-refractivity contribution >= 4 is 11.6 Å². The predicted molar refractivity (Wildman–Crippen MR) is 122 cm³/mol. The van der Waals surface area contributed by atoms with Gasteiger partial charge >= 0.3 is 0 Å². The molecule has 6 heteroatoms. The second-order valence-electron chi connectivity index (χ2n) is 8.56. The number of hydrogen-bond donors (Lipinski definition) is 0. The first kappa shape index (κ1) is 18.4. The molecule has 6 nitrogen and oxygen atoms in total. The Kier molecular flexibility index (Phi) is 3.71. The molecule has 0 bridgehead atoms. The van der Waals surface area contributed by atoms with Crippen molar-refractivity contribution in [3.8, 4) is 22.9 Å². The topological polar surface area (TPSA) is 52.9 Å². The van der Waals surface area contributed by atoms with E-state index < -0.39 is 5.41 Å². The fourth-order valence-electron chi connectivity index (χ4n) is 5.18. The average Bonchev–Trinajstić information content (AvgIpc) is 3.64. The molecule has 4 heterocycles. The van der Waals surface area contributed by atoms with Gasteiger partial charge in [0.05, 0.1) is 6.54 Å². The zero-order valence-electron chi connectivity index (χ0n) is 17.7. The van der Waals surface area contributed by atoms with Gasteiger partial charge < -0.3 is 23.7 Å². The second kappa shape index (κ2) is 6.65. The fourth-order valence-corrected chi connectivity index (χ4v) is 5.18. The first-order valence-electron chi connectivity index (χ1n) is 10.9. The van der Waals surface area contributed by atoms with Crippen LogP contribution < -0.4 is 19.1 Å². The molecule has 3 aromatic carbocycles. The summed E-state index contributed by atoms with van der Waals surface area (Å²) in [6, 6.07) is 24.1. The summed E-state index contributed by atoms with van der Waals surface area (Å²) < 4.78 is 19.2. The highest BCUT2D eigenvalue weighted by Gasteiger charge is 2.57. The first-order chi connectivity index (χ1) is 16.2. The molecule has 1 atom stereocenters. The number of amides is 1. The van der Waals surface area contributed by atoms with E-state index in [1.807, 2.05) is 65.8 Å². The summed E-state index contributed by atoms with van der Waals surface area (Å²) in [5.74, 6) is 2.02. The van der Waals surface area contributed by atoms with Crippen LogP contribution in [0.4, 0.5) is 5.69 Å². The summed E-state index contributed by atoms with van der Waals surface area (Å²) in [4.78, 5) is 16.0. The molecular formula is C27H20N2O4. The van der Waals surface area contributed by atoms with Crippen molar-refractivity contribution in [2.75, 3.05) is 18.3 Å². The Morgan fingerprint density at radius 2 is 1.55 bits per heavy atom. The Hall–Kier alpha value is -4.19. The molecular weight excluding hydrogens is 416 g/mol. The van der Waals surface area contributed by atoms with Crippen molar-refractivity contribution in [3.05, 3.63) is 102 Å². The number of nitrogens with zero attached hydrogens (tertiary/aromatic N) is 2. The van der Waals surface area contributed by atoms with Gasteiger partial charge in [0.25, 0.3) is 0 Å². The Morgan fingerprint density at radius 1 is 0.788 bits per heavy atom. The van der Waals surface area contributed by atoms with E-state index in [4.69, 9.17) is 14.2 Å². The molecule has 162 valence electrons. The molecule has 0 N–H and O–H groups in total. The van der Waals surface area contributed by atoms with Crippen molar-refractivity contribution in [2.45, 2.75) is 12.0 Å². The average molecular weight is 436 g/mol. The highest BCUT2D eigenvalue weighted by atomic mass is 16.7. The van der Waals surface area contributed by atoms with Crippen LogP contribution in [0.1, 0.15) is 16.7 Å². The summed E-state index contributed by atoms with van der Waals surface area (Å²) in [5.41, 5.74) is 4.01. The zero-order valence-corrected chi connectivity index (χ0v) is 17.7. The van der Waals surface area contributed by atoms with Crippen LogP contribution in [0.2, 0.25) is 0 Å². The van der Waals surface area contributed by atoms with Gasteiger partial charge in [-0.05, 0) is 47.5 Å². The van der Waals surface area contributed by atoms with Crippen LogP contribution in [0.15, 0.2) is 85.2 Å². The summed E-state index contributed by atoms with van der Waals surface area (Å²) in [6.45, 7) is 0.939. The number of aromatic nitrogens is 1. The van der Waals surface area contributed by atoms with Crippen LogP contribution in [-0.4, -0.2) is 23.9 Å². The van der Waals surface area contributed by atoms with E-state index >= 15 is 0 Å². The van der Waals surface area contributed by atoms with E-state index in [1.165, 1.54) is 0 Å². The molecule has 1 aromatic heterocycles. The monoisotopic (exact) mass is 436 g/mol. The van der Waals surface area contributed by atoms with Gasteiger partial charge in [0.15, 0.2) is 11.5 Å². The van der Waals surface area contributed by atoms with Crippen LogP contribution in [0, 0.1) is 0 Å². The molecule has 1 amide bonds. The fraction of sp³-hybridized carbons (Fsp3) is 0.148. The van der Waals surface area contributed by atoms with Gasteiger partial charge in [-0.3, -0.25) is 4.79 Å². The van der Waals surface area contributed by atoms with Gasteiger partial charge in [0, 0.05) is 35.4 Å². The Morgan fingerprint density at radius 3 is 2.36 bits per heavy atom. The van der Waals surface area contributed by atoms with E-state index in [1.54, 1.807) is 0 Å². The largest absolute Gasteiger partial charge is 0.491 e. The third-order valence-corrected chi connectivity index (χ3v) is 6.82. The molecule has 0 aliphatic carbocycles. The zero-order chi connectivity index (χ0) is 22.0. The van der Waals surface area contributed by atoms with Crippen molar-refractivity contribution in [1.82, 2.24) is 4.57 Å². The van der Waals surface area contributed by atoms with Gasteiger partial charge in [-0.2, -0.15) is 0 Å². The summed E-state index contributed by atoms with van der Waals surface area (Å²) in [5, 5.41) is 0. The predicted octanol–water partition coefficient (Wildman–Crippen LogP) is 4.43. The van der Waals surface area contributed by atoms with Crippen LogP contribution >= 0.6 is 0 Å². The third kappa shape index (κ3) is 2.52. The molecule has 0 saturated carbocycles. The first-order valence-corrected chi connectivity index (χ1v) is 10.9. The number of rotatable bonds is 3. The highest BCUT2D eigenvalue weighted by molar-refractivity contribution is 6.11. The third-order valence-electron chi connectivity index (χ3n) is 6.82. The molecule has 3 aliphatic rings. The van der Waals surface area contributed by atoms with Crippen LogP contribution in [-0.2, 0) is 16.8 Å².